The van der Waals surface area contributed by atoms with Crippen molar-refractivity contribution in [3.63, 3.8) is 0 Å². The van der Waals surface area contributed by atoms with Crippen molar-refractivity contribution in [2.24, 2.45) is 0 Å². The molecule has 1 aromatic heterocycles. The Morgan fingerprint density at radius 1 is 1.02 bits per heavy atom. The Balaban J connectivity index is 1.68. The number of thiocarbonyl (C=S) groups is 1. The lowest BCUT2D eigenvalue weighted by Crippen LogP contribution is -2.30. The summed E-state index contributed by atoms with van der Waals surface area (Å²) < 4.78 is 12.9. The van der Waals surface area contributed by atoms with Gasteiger partial charge in [0, 0.05) is 25.2 Å². The van der Waals surface area contributed by atoms with Crippen LogP contribution in [0.15, 0.2) is 58.2 Å². The van der Waals surface area contributed by atoms with E-state index >= 15 is 0 Å². The number of rotatable bonds is 13. The lowest BCUT2D eigenvalue weighted by atomic mass is 10.0. The lowest BCUT2D eigenvalue weighted by molar-refractivity contribution is -0.122. The molecule has 2 aromatic carbocycles. The van der Waals surface area contributed by atoms with Gasteiger partial charge < -0.3 is 14.8 Å². The monoisotopic (exact) mass is 616 g/mol. The summed E-state index contributed by atoms with van der Waals surface area (Å²) in [5, 5.41) is 13.4. The number of carbonyl (C=O) groups is 1. The Bertz CT molecular complexity index is 1630. The van der Waals surface area contributed by atoms with Crippen LogP contribution in [0, 0.1) is 18.3 Å². The Labute approximate surface area is 262 Å². The average Bonchev–Trinajstić information content (AvgIpc) is 3.29. The quantitative estimate of drug-likeness (QED) is 0.186. The molecule has 2 heterocycles. The first-order chi connectivity index (χ1) is 20.8. The fourth-order valence-corrected chi connectivity index (χ4v) is 6.24. The van der Waals surface area contributed by atoms with E-state index in [9.17, 15) is 14.9 Å². The van der Waals surface area contributed by atoms with Crippen molar-refractivity contribution in [2.75, 3.05) is 32.6 Å². The number of pyridine rings is 1. The van der Waals surface area contributed by atoms with Crippen LogP contribution in [0.2, 0.25) is 0 Å². The second-order valence-corrected chi connectivity index (χ2v) is 11.8. The summed E-state index contributed by atoms with van der Waals surface area (Å²) in [4.78, 5) is 29.1. The number of thioether (sulfide) groups is 1. The molecule has 10 heteroatoms. The van der Waals surface area contributed by atoms with Gasteiger partial charge in [0.1, 0.15) is 21.8 Å². The Kier molecular flexibility index (Phi) is 11.0. The molecule has 1 aliphatic rings. The van der Waals surface area contributed by atoms with E-state index in [0.29, 0.717) is 70.1 Å². The normalized spacial score (nSPS) is 13.8. The van der Waals surface area contributed by atoms with Crippen LogP contribution in [0.4, 0.5) is 5.82 Å². The van der Waals surface area contributed by atoms with Crippen LogP contribution < -0.4 is 20.3 Å². The van der Waals surface area contributed by atoms with Gasteiger partial charge in [-0.15, -0.1) is 0 Å². The number of nitrogens with one attached hydrogen (secondary N) is 1. The molecule has 1 fully saturated rings. The van der Waals surface area contributed by atoms with E-state index in [1.165, 1.54) is 11.8 Å². The highest BCUT2D eigenvalue weighted by Crippen LogP contribution is 2.35. The number of nitrogens with zero attached hydrogens (tertiary/aromatic N) is 3. The first kappa shape index (κ1) is 31.9. The zero-order chi connectivity index (χ0) is 30.9. The van der Waals surface area contributed by atoms with Crippen LogP contribution in [0.25, 0.3) is 6.08 Å². The topological polar surface area (TPSA) is 96.6 Å². The number of nitriles is 1. The van der Waals surface area contributed by atoms with Crippen LogP contribution >= 0.6 is 24.0 Å². The molecule has 1 aliphatic heterocycles. The molecule has 0 spiro atoms. The number of hydrogen-bond donors (Lipinski definition) is 1. The van der Waals surface area contributed by atoms with Gasteiger partial charge in [0.05, 0.1) is 19.1 Å². The molecule has 43 heavy (non-hydrogen) atoms. The van der Waals surface area contributed by atoms with Gasteiger partial charge in [-0.1, -0.05) is 73.7 Å². The van der Waals surface area contributed by atoms with E-state index in [0.717, 1.165) is 24.0 Å². The van der Waals surface area contributed by atoms with Crippen LogP contribution in [-0.2, 0) is 24.2 Å². The molecule has 224 valence electrons. The van der Waals surface area contributed by atoms with Gasteiger partial charge in [-0.05, 0) is 61.1 Å². The minimum atomic E-state index is -0.338. The summed E-state index contributed by atoms with van der Waals surface area (Å²) in [6.45, 7) is 5.23. The second-order valence-electron chi connectivity index (χ2n) is 10.1. The van der Waals surface area contributed by atoms with Crippen molar-refractivity contribution >= 4 is 46.1 Å². The predicted molar refractivity (Wildman–Crippen MR) is 177 cm³/mol. The first-order valence-electron chi connectivity index (χ1n) is 14.2. The molecule has 3 aromatic rings. The molecule has 0 radical (unpaired) electrons. The van der Waals surface area contributed by atoms with Crippen molar-refractivity contribution in [2.45, 2.75) is 46.1 Å². The maximum absolute atomic E-state index is 13.5. The number of amides is 1. The molecule has 0 saturated carbocycles. The van der Waals surface area contributed by atoms with Gasteiger partial charge in [-0.2, -0.15) is 5.26 Å². The number of aromatic nitrogens is 1. The fraction of sp³-hybridized carbons (Fsp3) is 0.333. The molecule has 4 rings (SSSR count). The highest BCUT2D eigenvalue weighted by atomic mass is 32.2. The number of unbranched alkanes of at least 4 members (excludes halogenated alkanes) is 1. The molecular formula is C33H36N4O4S2. The number of ether oxygens (including phenoxy) is 2. The van der Waals surface area contributed by atoms with Crippen molar-refractivity contribution in [3.05, 3.63) is 91.6 Å². The highest BCUT2D eigenvalue weighted by molar-refractivity contribution is 8.26. The predicted octanol–water partition coefficient (Wildman–Crippen LogP) is 5.94. The summed E-state index contributed by atoms with van der Waals surface area (Å²) >= 11 is 6.84. The number of anilines is 1. The number of hydrogen-bond acceptors (Lipinski definition) is 8. The van der Waals surface area contributed by atoms with Crippen LogP contribution in [0.3, 0.4) is 0 Å². The van der Waals surface area contributed by atoms with E-state index in [1.54, 1.807) is 36.7 Å². The number of methoxy groups -OCH3 is 2. The van der Waals surface area contributed by atoms with E-state index in [1.807, 2.05) is 48.5 Å². The van der Waals surface area contributed by atoms with Crippen molar-refractivity contribution in [1.29, 1.82) is 5.26 Å². The van der Waals surface area contributed by atoms with E-state index in [-0.39, 0.29) is 17.0 Å². The summed E-state index contributed by atoms with van der Waals surface area (Å²) in [5.41, 5.74) is 3.06. The third kappa shape index (κ3) is 7.29. The largest absolute Gasteiger partial charge is 0.493 e. The zero-order valence-corrected chi connectivity index (χ0v) is 26.6. The van der Waals surface area contributed by atoms with Gasteiger partial charge in [0.25, 0.3) is 11.5 Å². The van der Waals surface area contributed by atoms with Crippen molar-refractivity contribution in [1.82, 2.24) is 9.47 Å². The standard InChI is InChI=1S/C33H36N4O4S2/c1-5-6-17-36-30(35-16-14-24-12-13-27(40-3)28(19-24)41-4)25(22(2)26(21-34)31(36)38)20-29-32(39)37(33(42)43-29)18-15-23-10-8-7-9-11-23/h7-13,19-20,35H,5-6,14-18H2,1-4H3/b29-20+. The van der Waals surface area contributed by atoms with Crippen LogP contribution in [0.1, 0.15) is 47.6 Å². The molecule has 1 saturated heterocycles. The van der Waals surface area contributed by atoms with Crippen LogP contribution in [-0.4, -0.2) is 47.0 Å². The first-order valence-corrected chi connectivity index (χ1v) is 15.5. The van der Waals surface area contributed by atoms with Crippen molar-refractivity contribution < 1.29 is 14.3 Å². The third-order valence-electron chi connectivity index (χ3n) is 7.38. The molecular weight excluding hydrogens is 581 g/mol. The smallest absolute Gasteiger partial charge is 0.270 e. The minimum Gasteiger partial charge on any atom is -0.493 e. The molecule has 0 aliphatic carbocycles. The van der Waals surface area contributed by atoms with Gasteiger partial charge in [0.2, 0.25) is 0 Å². The molecule has 0 atom stereocenters. The summed E-state index contributed by atoms with van der Waals surface area (Å²) in [6, 6.07) is 17.8. The molecule has 0 bridgehead atoms. The van der Waals surface area contributed by atoms with Gasteiger partial charge in [0.15, 0.2) is 11.5 Å². The average molecular weight is 617 g/mol. The van der Waals surface area contributed by atoms with E-state index in [4.69, 9.17) is 21.7 Å². The molecule has 1 N–H and O–H groups in total. The summed E-state index contributed by atoms with van der Waals surface area (Å²) in [6.07, 6.45) is 4.74. The number of benzene rings is 2. The Morgan fingerprint density at radius 2 is 1.77 bits per heavy atom. The zero-order valence-electron chi connectivity index (χ0n) is 24.9. The molecule has 1 amide bonds. The maximum Gasteiger partial charge on any atom is 0.270 e. The lowest BCUT2D eigenvalue weighted by Gasteiger charge is -2.20. The fourth-order valence-electron chi connectivity index (χ4n) is 4.95. The van der Waals surface area contributed by atoms with E-state index < -0.39 is 0 Å². The Morgan fingerprint density at radius 3 is 2.44 bits per heavy atom. The number of carbonyl (C=O) groups excluding carboxylic acids is 1. The van der Waals surface area contributed by atoms with E-state index in [2.05, 4.69) is 18.3 Å². The van der Waals surface area contributed by atoms with Gasteiger partial charge in [-0.3, -0.25) is 19.1 Å². The molecule has 0 unspecified atom stereocenters. The van der Waals surface area contributed by atoms with Gasteiger partial charge in [-0.25, -0.2) is 0 Å². The SMILES string of the molecule is CCCCn1c(NCCc2ccc(OC)c(OC)c2)c(/C=C2/SC(=S)N(CCc3ccccc3)C2=O)c(C)c(C#N)c1=O. The minimum absolute atomic E-state index is 0.0763. The molecule has 8 nitrogen and oxygen atoms in total. The highest BCUT2D eigenvalue weighted by Gasteiger charge is 2.32. The maximum atomic E-state index is 13.5. The van der Waals surface area contributed by atoms with Crippen molar-refractivity contribution in [3.8, 4) is 17.6 Å². The summed E-state index contributed by atoms with van der Waals surface area (Å²) in [5.74, 6) is 1.71. The summed E-state index contributed by atoms with van der Waals surface area (Å²) in [7, 11) is 3.20. The third-order valence-corrected chi connectivity index (χ3v) is 8.76. The second kappa shape index (κ2) is 14.9. The van der Waals surface area contributed by atoms with Crippen LogP contribution in [0.5, 0.6) is 11.5 Å². The Hall–Kier alpha value is -4.07. The van der Waals surface area contributed by atoms with Gasteiger partial charge >= 0.3 is 0 Å².